The number of amides is 2. The van der Waals surface area contributed by atoms with Crippen molar-refractivity contribution in [3.05, 3.63) is 59.2 Å². The van der Waals surface area contributed by atoms with Gasteiger partial charge in [0.1, 0.15) is 5.75 Å². The first-order valence-corrected chi connectivity index (χ1v) is 12.8. The number of anilines is 1. The molecule has 2 aromatic carbocycles. The van der Waals surface area contributed by atoms with Crippen LogP contribution in [0.1, 0.15) is 55.2 Å². The number of nitrogens with zero attached hydrogens (tertiary/aromatic N) is 1. The van der Waals surface area contributed by atoms with Crippen LogP contribution in [0.4, 0.5) is 5.69 Å². The van der Waals surface area contributed by atoms with E-state index in [-0.39, 0.29) is 35.4 Å². The summed E-state index contributed by atoms with van der Waals surface area (Å²) in [6.45, 7) is 1.91. The minimum absolute atomic E-state index is 0.00739. The molecule has 3 N–H and O–H groups in total. The largest absolute Gasteiger partial charge is 0.508 e. The molecule has 0 radical (unpaired) electrons. The highest BCUT2D eigenvalue weighted by molar-refractivity contribution is 5.93. The van der Waals surface area contributed by atoms with Gasteiger partial charge in [-0.05, 0) is 79.5 Å². The Balaban J connectivity index is 1.29. The van der Waals surface area contributed by atoms with Crippen molar-refractivity contribution in [2.75, 3.05) is 18.4 Å². The van der Waals surface area contributed by atoms with Gasteiger partial charge in [0.25, 0.3) is 0 Å². The molecule has 0 unspecified atom stereocenters. The molecule has 0 bridgehead atoms. The number of likely N-dealkylation sites (tertiary alicyclic amines) is 1. The number of carbonyl (C=O) groups excluding carboxylic acids is 2. The molecule has 6 heteroatoms. The van der Waals surface area contributed by atoms with Crippen LogP contribution in [0.2, 0.25) is 0 Å². The fourth-order valence-corrected chi connectivity index (χ4v) is 5.84. The van der Waals surface area contributed by atoms with Crippen LogP contribution in [-0.4, -0.2) is 41.0 Å². The summed E-state index contributed by atoms with van der Waals surface area (Å²) in [6.07, 6.45) is 8.40. The smallest absolute Gasteiger partial charge is 0.228 e. The molecule has 2 amide bonds. The second-order valence-electron chi connectivity index (χ2n) is 10.3. The fraction of sp³-hybridized carbons (Fsp3) is 0.500. The van der Waals surface area contributed by atoms with Gasteiger partial charge in [-0.2, -0.15) is 0 Å². The lowest BCUT2D eigenvalue weighted by Crippen LogP contribution is -2.50. The van der Waals surface area contributed by atoms with Crippen molar-refractivity contribution in [2.24, 2.45) is 11.8 Å². The summed E-state index contributed by atoms with van der Waals surface area (Å²) in [7, 11) is 0. The lowest BCUT2D eigenvalue weighted by Gasteiger charge is -2.37. The highest BCUT2D eigenvalue weighted by Crippen LogP contribution is 2.29. The molecule has 34 heavy (non-hydrogen) atoms. The number of carbonyl (C=O) groups is 2. The van der Waals surface area contributed by atoms with Crippen LogP contribution < -0.4 is 10.6 Å². The van der Waals surface area contributed by atoms with Crippen molar-refractivity contribution >= 4 is 17.5 Å². The van der Waals surface area contributed by atoms with Gasteiger partial charge in [-0.3, -0.25) is 14.5 Å². The molecule has 1 saturated carbocycles. The third-order valence-electron chi connectivity index (χ3n) is 7.68. The molecule has 5 rings (SSSR count). The first kappa shape index (κ1) is 22.9. The normalized spacial score (nSPS) is 22.9. The van der Waals surface area contributed by atoms with E-state index in [1.807, 2.05) is 18.2 Å². The van der Waals surface area contributed by atoms with Crippen LogP contribution in [0.15, 0.2) is 42.5 Å². The third kappa shape index (κ3) is 5.44. The van der Waals surface area contributed by atoms with E-state index in [1.165, 1.54) is 30.4 Å². The van der Waals surface area contributed by atoms with Crippen LogP contribution in [0.5, 0.6) is 5.75 Å². The molecule has 0 spiro atoms. The van der Waals surface area contributed by atoms with E-state index in [2.05, 4.69) is 27.7 Å². The third-order valence-corrected chi connectivity index (χ3v) is 7.68. The van der Waals surface area contributed by atoms with Crippen molar-refractivity contribution in [1.82, 2.24) is 10.2 Å². The number of hydrogen-bond donors (Lipinski definition) is 3. The number of nitrogens with one attached hydrogen (secondary N) is 2. The van der Waals surface area contributed by atoms with Gasteiger partial charge in [-0.1, -0.05) is 31.0 Å². The van der Waals surface area contributed by atoms with Crippen molar-refractivity contribution in [2.45, 2.75) is 64.0 Å². The maximum Gasteiger partial charge on any atom is 0.228 e. The molecule has 180 valence electrons. The summed E-state index contributed by atoms with van der Waals surface area (Å²) in [5.41, 5.74) is 4.64. The molecule has 1 saturated heterocycles. The summed E-state index contributed by atoms with van der Waals surface area (Å²) < 4.78 is 0. The molecular weight excluding hydrogens is 426 g/mol. The quantitative estimate of drug-likeness (QED) is 0.607. The Morgan fingerprint density at radius 3 is 2.35 bits per heavy atom. The van der Waals surface area contributed by atoms with E-state index >= 15 is 0 Å². The number of rotatable bonds is 6. The summed E-state index contributed by atoms with van der Waals surface area (Å²) in [5, 5.41) is 16.0. The Morgan fingerprint density at radius 2 is 1.59 bits per heavy atom. The summed E-state index contributed by atoms with van der Waals surface area (Å²) >= 11 is 0. The number of aryl methyl sites for hydroxylation is 2. The highest BCUT2D eigenvalue weighted by atomic mass is 16.3. The minimum Gasteiger partial charge on any atom is -0.508 e. The van der Waals surface area contributed by atoms with Crippen molar-refractivity contribution < 1.29 is 14.7 Å². The first-order valence-electron chi connectivity index (χ1n) is 12.8. The molecule has 3 aliphatic rings. The maximum atomic E-state index is 13.3. The van der Waals surface area contributed by atoms with E-state index in [1.54, 1.807) is 12.1 Å². The van der Waals surface area contributed by atoms with Crippen molar-refractivity contribution in [3.8, 4) is 5.75 Å². The lowest BCUT2D eigenvalue weighted by atomic mass is 9.87. The SMILES string of the molecule is O=C(Nc1ccc2c(c1)CCC2)[C@@H]1C[C@H](C(=O)NC2CCCC2)CN(Cc2ccc(O)cc2)C1. The van der Waals surface area contributed by atoms with E-state index in [0.717, 1.165) is 36.9 Å². The Kier molecular flexibility index (Phi) is 6.86. The number of fused-ring (bicyclic) bond motifs is 1. The number of benzene rings is 2. The fourth-order valence-electron chi connectivity index (χ4n) is 5.84. The molecule has 2 atom stereocenters. The maximum absolute atomic E-state index is 13.3. The Morgan fingerprint density at radius 1 is 0.882 bits per heavy atom. The van der Waals surface area contributed by atoms with E-state index in [9.17, 15) is 14.7 Å². The summed E-state index contributed by atoms with van der Waals surface area (Å²) in [6, 6.07) is 13.7. The molecular formula is C28H35N3O3. The van der Waals surface area contributed by atoms with Gasteiger partial charge >= 0.3 is 0 Å². The second kappa shape index (κ2) is 10.2. The van der Waals surface area contributed by atoms with Crippen molar-refractivity contribution in [1.29, 1.82) is 0 Å². The standard InChI is InChI=1S/C28H35N3O3/c32-26-12-8-19(9-13-26)16-31-17-22(27(33)29-24-6-1-2-7-24)14-23(18-31)28(34)30-25-11-10-20-4-3-5-21(20)15-25/h8-13,15,22-24,32H,1-7,14,16-18H2,(H,29,33)(H,30,34)/t22-,23+/m0/s1. The monoisotopic (exact) mass is 461 g/mol. The van der Waals surface area contributed by atoms with E-state index in [0.29, 0.717) is 26.1 Å². The van der Waals surface area contributed by atoms with Crippen LogP contribution in [0.3, 0.4) is 0 Å². The zero-order valence-corrected chi connectivity index (χ0v) is 19.8. The van der Waals surface area contributed by atoms with Gasteiger partial charge < -0.3 is 15.7 Å². The van der Waals surface area contributed by atoms with Crippen molar-refractivity contribution in [3.63, 3.8) is 0 Å². The molecule has 2 aromatic rings. The van der Waals surface area contributed by atoms with Crippen LogP contribution in [-0.2, 0) is 29.0 Å². The number of aromatic hydroxyl groups is 1. The summed E-state index contributed by atoms with van der Waals surface area (Å²) in [4.78, 5) is 28.7. The highest BCUT2D eigenvalue weighted by Gasteiger charge is 2.36. The first-order chi connectivity index (χ1) is 16.5. The van der Waals surface area contributed by atoms with Crippen LogP contribution in [0.25, 0.3) is 0 Å². The van der Waals surface area contributed by atoms with Gasteiger partial charge in [-0.25, -0.2) is 0 Å². The lowest BCUT2D eigenvalue weighted by molar-refractivity contribution is -0.130. The molecule has 0 aromatic heterocycles. The Hall–Kier alpha value is -2.86. The van der Waals surface area contributed by atoms with Gasteiger partial charge in [0.05, 0.1) is 11.8 Å². The predicted molar refractivity (Wildman–Crippen MR) is 132 cm³/mol. The van der Waals surface area contributed by atoms with E-state index in [4.69, 9.17) is 0 Å². The summed E-state index contributed by atoms with van der Waals surface area (Å²) in [5.74, 6) is -0.145. The van der Waals surface area contributed by atoms with Crippen LogP contribution in [0, 0.1) is 11.8 Å². The number of piperidine rings is 1. The molecule has 2 aliphatic carbocycles. The Labute approximate surface area is 201 Å². The Bertz CT molecular complexity index is 1030. The van der Waals surface area contributed by atoms with Gasteiger partial charge in [0.15, 0.2) is 0 Å². The average Bonchev–Trinajstić information content (AvgIpc) is 3.52. The molecule has 2 fully saturated rings. The van der Waals surface area contributed by atoms with Gasteiger partial charge in [0.2, 0.25) is 11.8 Å². The molecule has 1 heterocycles. The number of hydrogen-bond acceptors (Lipinski definition) is 4. The number of phenols is 1. The minimum atomic E-state index is -0.251. The molecule has 1 aliphatic heterocycles. The predicted octanol–water partition coefficient (Wildman–Crippen LogP) is 4.02. The zero-order valence-electron chi connectivity index (χ0n) is 19.8. The number of phenolic OH excluding ortho intramolecular Hbond substituents is 1. The van der Waals surface area contributed by atoms with E-state index < -0.39 is 0 Å². The molecule has 6 nitrogen and oxygen atoms in total. The topological polar surface area (TPSA) is 81.7 Å². The average molecular weight is 462 g/mol. The van der Waals surface area contributed by atoms with Gasteiger partial charge in [0, 0.05) is 31.4 Å². The van der Waals surface area contributed by atoms with Crippen LogP contribution >= 0.6 is 0 Å². The zero-order chi connectivity index (χ0) is 23.5. The second-order valence-corrected chi connectivity index (χ2v) is 10.3. The van der Waals surface area contributed by atoms with Gasteiger partial charge in [-0.15, -0.1) is 0 Å².